The molecule has 4 fully saturated rings. The van der Waals surface area contributed by atoms with Crippen LogP contribution >= 0.6 is 0 Å². The second-order valence-corrected chi connectivity index (χ2v) is 19.8. The highest BCUT2D eigenvalue weighted by Gasteiger charge is 2.62. The topological polar surface area (TPSA) is 99.0 Å². The molecule has 3 aromatic heterocycles. The number of aromatic nitrogens is 7. The average Bonchev–Trinajstić information content (AvgIpc) is 3.73. The van der Waals surface area contributed by atoms with Crippen LogP contribution in [0.3, 0.4) is 0 Å². The van der Waals surface area contributed by atoms with Gasteiger partial charge in [-0.25, -0.2) is 29.9 Å². The van der Waals surface area contributed by atoms with Crippen LogP contribution in [0, 0.1) is 36.8 Å². The maximum Gasteiger partial charge on any atom is 0.195 e. The van der Waals surface area contributed by atoms with Gasteiger partial charge in [-0.2, -0.15) is 0 Å². The standard InChI is InChI=1S/C63H43N9/c1-64-52-35-49-51(36-53(52)65-2)63(43-31-37-30-38(33-43)34-44(63)32-37)50-25-15-24-45(54(49)50)46-28-29-66-56-48(62-71-59(41-20-11-5-12-21-41)68-60(72-62)42-22-13-6-14-23-42)27-26-47(55(46)56)61-69-57(39-16-7-3-8-17-39)67-58(70-61)40-18-9-4-10-19-40/h3-29,35-38,43-44H,30-34H2. The Bertz CT molecular complexity index is 3760. The van der Waals surface area contributed by atoms with Crippen molar-refractivity contribution in [1.29, 1.82) is 0 Å². The van der Waals surface area contributed by atoms with Crippen molar-refractivity contribution < 1.29 is 0 Å². The first-order valence-corrected chi connectivity index (χ1v) is 24.8. The summed E-state index contributed by atoms with van der Waals surface area (Å²) in [7, 11) is 0. The van der Waals surface area contributed by atoms with Crippen LogP contribution in [0.15, 0.2) is 176 Å². The Morgan fingerprint density at radius 1 is 0.389 bits per heavy atom. The van der Waals surface area contributed by atoms with Gasteiger partial charge in [-0.15, -0.1) is 0 Å². The zero-order chi connectivity index (χ0) is 47.9. The van der Waals surface area contributed by atoms with Gasteiger partial charge in [0.05, 0.1) is 18.7 Å². The molecule has 1 spiro atoms. The van der Waals surface area contributed by atoms with Gasteiger partial charge in [0.2, 0.25) is 0 Å². The molecule has 72 heavy (non-hydrogen) atoms. The number of nitrogens with zero attached hydrogens (tertiary/aromatic N) is 9. The number of fused-ring (bicyclic) bond motifs is 4. The molecule has 5 aliphatic rings. The summed E-state index contributed by atoms with van der Waals surface area (Å²) in [6.45, 7) is 16.6. The molecular weight excluding hydrogens is 883 g/mol. The van der Waals surface area contributed by atoms with E-state index >= 15 is 0 Å². The first-order valence-electron chi connectivity index (χ1n) is 24.8. The number of rotatable bonds is 7. The van der Waals surface area contributed by atoms with E-state index in [1.807, 2.05) is 140 Å². The summed E-state index contributed by atoms with van der Waals surface area (Å²) in [4.78, 5) is 44.4. The molecule has 0 aliphatic heterocycles. The van der Waals surface area contributed by atoms with Gasteiger partial charge >= 0.3 is 0 Å². The van der Waals surface area contributed by atoms with E-state index < -0.39 is 0 Å². The highest BCUT2D eigenvalue weighted by Crippen LogP contribution is 2.71. The van der Waals surface area contributed by atoms with E-state index in [1.54, 1.807) is 0 Å². The second kappa shape index (κ2) is 16.5. The molecular formula is C63H43N9. The number of benzene rings is 7. The Kier molecular flexibility index (Phi) is 9.62. The highest BCUT2D eigenvalue weighted by atomic mass is 15.0. The van der Waals surface area contributed by atoms with Crippen molar-refractivity contribution in [3.05, 3.63) is 210 Å². The van der Waals surface area contributed by atoms with E-state index in [2.05, 4.69) is 46.1 Å². The van der Waals surface area contributed by atoms with Crippen LogP contribution in [0.5, 0.6) is 0 Å². The van der Waals surface area contributed by atoms with E-state index in [-0.39, 0.29) is 5.41 Å². The molecule has 3 heterocycles. The first kappa shape index (κ1) is 41.9. The van der Waals surface area contributed by atoms with Crippen LogP contribution in [0.1, 0.15) is 43.2 Å². The molecule has 0 radical (unpaired) electrons. The summed E-state index contributed by atoms with van der Waals surface area (Å²) in [5, 5.41) is 0.839. The van der Waals surface area contributed by atoms with Crippen molar-refractivity contribution in [2.24, 2.45) is 23.7 Å². The van der Waals surface area contributed by atoms with Crippen molar-refractivity contribution in [2.45, 2.75) is 37.5 Å². The maximum atomic E-state index is 8.32. The normalized spacial score (nSPS) is 20.0. The third-order valence-electron chi connectivity index (χ3n) is 16.1. The fraction of sp³-hybridized carbons (Fsp3) is 0.159. The summed E-state index contributed by atoms with van der Waals surface area (Å²) in [5.74, 6) is 5.60. The van der Waals surface area contributed by atoms with Crippen LogP contribution in [0.2, 0.25) is 0 Å². The van der Waals surface area contributed by atoms with E-state index in [0.717, 1.165) is 72.9 Å². The Hall–Kier alpha value is -9.05. The zero-order valence-corrected chi connectivity index (χ0v) is 39.1. The molecule has 0 atom stereocenters. The lowest BCUT2D eigenvalue weighted by Crippen LogP contribution is -2.55. The minimum absolute atomic E-state index is 0.249. The third kappa shape index (κ3) is 6.47. The highest BCUT2D eigenvalue weighted by molar-refractivity contribution is 6.11. The largest absolute Gasteiger partial charge is 0.255 e. The van der Waals surface area contributed by atoms with E-state index in [1.165, 1.54) is 43.2 Å². The number of pyridine rings is 1. The third-order valence-corrected chi connectivity index (χ3v) is 16.1. The lowest BCUT2D eigenvalue weighted by molar-refractivity contribution is -0.0399. The first-order chi connectivity index (χ1) is 35.5. The summed E-state index contributed by atoms with van der Waals surface area (Å²) in [5.41, 5.74) is 13.0. The minimum atomic E-state index is -0.249. The number of hydrogen-bond donors (Lipinski definition) is 0. The van der Waals surface area contributed by atoms with Crippen LogP contribution < -0.4 is 0 Å². The molecule has 10 aromatic rings. The summed E-state index contributed by atoms with van der Waals surface area (Å²) in [6.07, 6.45) is 7.98. The Morgan fingerprint density at radius 2 is 0.847 bits per heavy atom. The van der Waals surface area contributed by atoms with Crippen LogP contribution in [-0.2, 0) is 5.41 Å². The van der Waals surface area contributed by atoms with Gasteiger partial charge in [0, 0.05) is 50.4 Å². The van der Waals surface area contributed by atoms with Crippen molar-refractivity contribution in [1.82, 2.24) is 34.9 Å². The summed E-state index contributed by atoms with van der Waals surface area (Å²) < 4.78 is 0. The SMILES string of the molecule is [C-]#[N+]c1cc2c(cc1[N+]#[C-])C1(c3cccc(-c4ccnc5c(-c6nc(-c7ccccc7)nc(-c7ccccc7)n6)ccc(-c6nc(-c7ccccc7)nc(-c7ccccc7)n6)c45)c3-2)C2CC3CC(C2)CC1C3. The minimum Gasteiger partial charge on any atom is -0.255 e. The summed E-state index contributed by atoms with van der Waals surface area (Å²) >= 11 is 0. The van der Waals surface area contributed by atoms with Gasteiger partial charge in [-0.3, -0.25) is 14.7 Å². The fourth-order valence-electron chi connectivity index (χ4n) is 13.4. The lowest BCUT2D eigenvalue weighted by atomic mass is 9.43. The molecule has 0 saturated heterocycles. The Labute approximate surface area is 417 Å². The molecule has 0 N–H and O–H groups in total. The molecule has 9 nitrogen and oxygen atoms in total. The molecule has 4 bridgehead atoms. The van der Waals surface area contributed by atoms with Crippen LogP contribution in [-0.4, -0.2) is 34.9 Å². The smallest absolute Gasteiger partial charge is 0.195 e. The van der Waals surface area contributed by atoms with E-state index in [4.69, 9.17) is 48.0 Å². The van der Waals surface area contributed by atoms with Gasteiger partial charge in [-0.1, -0.05) is 152 Å². The van der Waals surface area contributed by atoms with Crippen LogP contribution in [0.4, 0.5) is 11.4 Å². The maximum absolute atomic E-state index is 8.32. The van der Waals surface area contributed by atoms with Crippen molar-refractivity contribution in [3.8, 4) is 90.6 Å². The molecule has 0 amide bonds. The lowest BCUT2D eigenvalue weighted by Gasteiger charge is -2.61. The molecule has 5 aliphatic carbocycles. The summed E-state index contributed by atoms with van der Waals surface area (Å²) in [6, 6.07) is 57.3. The Balaban J connectivity index is 1.08. The second-order valence-electron chi connectivity index (χ2n) is 19.8. The monoisotopic (exact) mass is 925 g/mol. The van der Waals surface area contributed by atoms with Gasteiger partial charge in [0.1, 0.15) is 0 Å². The van der Waals surface area contributed by atoms with Crippen molar-refractivity contribution in [2.75, 3.05) is 0 Å². The van der Waals surface area contributed by atoms with E-state index in [9.17, 15) is 0 Å². The molecule has 15 rings (SSSR count). The quantitative estimate of drug-likeness (QED) is 0.147. The molecule has 7 aromatic carbocycles. The number of hydrogen-bond acceptors (Lipinski definition) is 7. The average molecular weight is 926 g/mol. The fourth-order valence-corrected chi connectivity index (χ4v) is 13.4. The van der Waals surface area contributed by atoms with Crippen molar-refractivity contribution in [3.63, 3.8) is 0 Å². The van der Waals surface area contributed by atoms with Gasteiger partial charge < -0.3 is 0 Å². The van der Waals surface area contributed by atoms with E-state index in [0.29, 0.717) is 63.7 Å². The van der Waals surface area contributed by atoms with Gasteiger partial charge in [0.25, 0.3) is 0 Å². The predicted octanol–water partition coefficient (Wildman–Crippen LogP) is 15.1. The van der Waals surface area contributed by atoms with Gasteiger partial charge in [0.15, 0.2) is 46.3 Å². The molecule has 9 heteroatoms. The Morgan fingerprint density at radius 3 is 1.35 bits per heavy atom. The molecule has 340 valence electrons. The predicted molar refractivity (Wildman–Crippen MR) is 282 cm³/mol. The molecule has 4 saturated carbocycles. The zero-order valence-electron chi connectivity index (χ0n) is 39.1. The van der Waals surface area contributed by atoms with Crippen LogP contribution in [0.25, 0.3) is 111 Å². The van der Waals surface area contributed by atoms with Gasteiger partial charge in [-0.05, 0) is 107 Å². The molecule has 0 unspecified atom stereocenters. The van der Waals surface area contributed by atoms with Crippen molar-refractivity contribution >= 4 is 22.3 Å².